The third-order valence-corrected chi connectivity index (χ3v) is 5.30. The maximum absolute atomic E-state index is 10.4. The van der Waals surface area contributed by atoms with Crippen LogP contribution in [0.25, 0.3) is 0 Å². The highest BCUT2D eigenvalue weighted by molar-refractivity contribution is 7.98. The van der Waals surface area contributed by atoms with Gasteiger partial charge in [0.2, 0.25) is 0 Å². The number of rotatable bonds is 4. The van der Waals surface area contributed by atoms with Crippen molar-refractivity contribution in [1.82, 2.24) is 0 Å². The van der Waals surface area contributed by atoms with Crippen LogP contribution in [0.2, 0.25) is 0 Å². The first-order valence-electron chi connectivity index (χ1n) is 7.37. The predicted octanol–water partition coefficient (Wildman–Crippen LogP) is 3.68. The molecule has 0 spiro atoms. The van der Waals surface area contributed by atoms with Crippen LogP contribution in [-0.4, -0.2) is 29.0 Å². The van der Waals surface area contributed by atoms with Gasteiger partial charge >= 0.3 is 0 Å². The molecule has 0 aromatic carbocycles. The zero-order chi connectivity index (χ0) is 13.2. The Balaban J connectivity index is 2.05. The van der Waals surface area contributed by atoms with Crippen molar-refractivity contribution >= 4 is 11.8 Å². The summed E-state index contributed by atoms with van der Waals surface area (Å²) in [5.41, 5.74) is -0.523. The van der Waals surface area contributed by atoms with Gasteiger partial charge in [-0.05, 0) is 63.5 Å². The predicted molar refractivity (Wildman–Crippen MR) is 77.7 cm³/mol. The van der Waals surface area contributed by atoms with Gasteiger partial charge in [-0.3, -0.25) is 0 Å². The molecule has 106 valence electrons. The van der Waals surface area contributed by atoms with Crippen molar-refractivity contribution in [2.45, 2.75) is 64.1 Å². The second-order valence-corrected chi connectivity index (χ2v) is 7.37. The lowest BCUT2D eigenvalue weighted by Gasteiger charge is -2.49. The van der Waals surface area contributed by atoms with Crippen molar-refractivity contribution in [3.8, 4) is 0 Å². The van der Waals surface area contributed by atoms with E-state index in [1.165, 1.54) is 38.5 Å². The molecule has 0 heterocycles. The second-order valence-electron chi connectivity index (χ2n) is 6.56. The fraction of sp³-hybridized carbons (Fsp3) is 1.00. The van der Waals surface area contributed by atoms with Gasteiger partial charge in [0.1, 0.15) is 0 Å². The minimum absolute atomic E-state index is 0.446. The minimum atomic E-state index is -0.523. The highest BCUT2D eigenvalue weighted by atomic mass is 32.2. The molecule has 0 aliphatic heterocycles. The van der Waals surface area contributed by atoms with E-state index >= 15 is 0 Å². The topological polar surface area (TPSA) is 29.5 Å². The molecule has 1 N–H and O–H groups in total. The van der Waals surface area contributed by atoms with Gasteiger partial charge in [0.25, 0.3) is 0 Å². The van der Waals surface area contributed by atoms with Gasteiger partial charge in [0, 0.05) is 0 Å². The Bertz CT molecular complexity index is 262. The largest absolute Gasteiger partial charge is 0.390 e. The summed E-state index contributed by atoms with van der Waals surface area (Å²) in [4.78, 5) is 0. The first kappa shape index (κ1) is 14.7. The van der Waals surface area contributed by atoms with Crippen LogP contribution in [0.3, 0.4) is 0 Å². The maximum atomic E-state index is 10.4. The normalized spacial score (nSPS) is 37.3. The van der Waals surface area contributed by atoms with Gasteiger partial charge in [-0.15, -0.1) is 11.8 Å². The summed E-state index contributed by atoms with van der Waals surface area (Å²) in [6.07, 6.45) is 10.1. The van der Waals surface area contributed by atoms with Crippen molar-refractivity contribution in [2.24, 2.45) is 17.8 Å². The van der Waals surface area contributed by atoms with E-state index in [4.69, 9.17) is 4.74 Å². The highest BCUT2D eigenvalue weighted by Crippen LogP contribution is 2.48. The molecule has 2 aliphatic carbocycles. The Morgan fingerprint density at radius 3 is 2.44 bits per heavy atom. The van der Waals surface area contributed by atoms with Gasteiger partial charge in [-0.25, -0.2) is 0 Å². The number of ether oxygens (including phenoxy) is 1. The van der Waals surface area contributed by atoms with Crippen molar-refractivity contribution in [3.63, 3.8) is 0 Å². The van der Waals surface area contributed by atoms with Crippen LogP contribution >= 0.6 is 11.8 Å². The van der Waals surface area contributed by atoms with Gasteiger partial charge in [-0.2, -0.15) is 0 Å². The van der Waals surface area contributed by atoms with E-state index in [9.17, 15) is 5.11 Å². The molecular formula is C15H28O2S. The van der Waals surface area contributed by atoms with Crippen molar-refractivity contribution in [2.75, 3.05) is 12.2 Å². The standard InChI is InChI=1S/C15H28O2S/c1-15(2,16)13-8-4-7-12-11(13)6-5-9-14(12)17-10-18-3/h11-14,16H,4-10H2,1-3H3/t11?,12?,13-,14-/m1/s1. The Morgan fingerprint density at radius 1 is 1.11 bits per heavy atom. The zero-order valence-electron chi connectivity index (χ0n) is 12.0. The number of hydrogen-bond acceptors (Lipinski definition) is 3. The lowest BCUT2D eigenvalue weighted by atomic mass is 9.60. The average molecular weight is 272 g/mol. The molecule has 0 aromatic rings. The molecule has 3 heteroatoms. The third kappa shape index (κ3) is 3.23. The number of thioether (sulfide) groups is 1. The molecule has 4 atom stereocenters. The molecule has 0 amide bonds. The van der Waals surface area contributed by atoms with Crippen LogP contribution in [0.5, 0.6) is 0 Å². The van der Waals surface area contributed by atoms with Crippen LogP contribution in [0.4, 0.5) is 0 Å². The Hall–Kier alpha value is 0.270. The molecule has 0 radical (unpaired) electrons. The lowest BCUT2D eigenvalue weighted by molar-refractivity contribution is -0.0985. The van der Waals surface area contributed by atoms with E-state index in [0.29, 0.717) is 23.9 Å². The summed E-state index contributed by atoms with van der Waals surface area (Å²) >= 11 is 1.77. The first-order valence-corrected chi connectivity index (χ1v) is 8.76. The second kappa shape index (κ2) is 6.15. The van der Waals surface area contributed by atoms with Crippen LogP contribution in [0.1, 0.15) is 52.4 Å². The number of fused-ring (bicyclic) bond motifs is 1. The third-order valence-electron chi connectivity index (χ3n) is 4.93. The molecule has 2 rings (SSSR count). The summed E-state index contributed by atoms with van der Waals surface area (Å²) in [6.45, 7) is 3.98. The summed E-state index contributed by atoms with van der Waals surface area (Å²) < 4.78 is 6.04. The summed E-state index contributed by atoms with van der Waals surface area (Å²) in [5, 5.41) is 10.4. The van der Waals surface area contributed by atoms with Crippen molar-refractivity contribution < 1.29 is 9.84 Å². The van der Waals surface area contributed by atoms with Crippen LogP contribution in [0.15, 0.2) is 0 Å². The SMILES string of the molecule is CSCO[C@@H]1CCCC2C1CCC[C@H]2C(C)(C)O. The lowest BCUT2D eigenvalue weighted by Crippen LogP contribution is -2.47. The van der Waals surface area contributed by atoms with Crippen molar-refractivity contribution in [3.05, 3.63) is 0 Å². The Kier molecular flexibility index (Phi) is 5.01. The molecule has 18 heavy (non-hydrogen) atoms. The molecule has 2 aliphatic rings. The Labute approximate surface area is 116 Å². The van der Waals surface area contributed by atoms with Gasteiger partial charge in [0.15, 0.2) is 0 Å². The highest BCUT2D eigenvalue weighted by Gasteiger charge is 2.45. The monoisotopic (exact) mass is 272 g/mol. The van der Waals surface area contributed by atoms with Gasteiger partial charge in [0.05, 0.1) is 17.6 Å². The van der Waals surface area contributed by atoms with E-state index in [1.807, 2.05) is 13.8 Å². The smallest absolute Gasteiger partial charge is 0.0922 e. The molecule has 2 nitrogen and oxygen atoms in total. The fourth-order valence-electron chi connectivity index (χ4n) is 4.19. The summed E-state index contributed by atoms with van der Waals surface area (Å²) in [5.74, 6) is 2.66. The zero-order valence-corrected chi connectivity index (χ0v) is 12.8. The van der Waals surface area contributed by atoms with Gasteiger partial charge < -0.3 is 9.84 Å². The average Bonchev–Trinajstić information content (AvgIpc) is 2.34. The van der Waals surface area contributed by atoms with E-state index in [2.05, 4.69) is 6.26 Å². The quantitative estimate of drug-likeness (QED) is 0.792. The molecule has 2 saturated carbocycles. The van der Waals surface area contributed by atoms with E-state index in [1.54, 1.807) is 11.8 Å². The molecule has 0 aromatic heterocycles. The summed E-state index contributed by atoms with van der Waals surface area (Å²) in [7, 11) is 0. The molecular weight excluding hydrogens is 244 g/mol. The van der Waals surface area contributed by atoms with E-state index < -0.39 is 5.60 Å². The van der Waals surface area contributed by atoms with Crippen LogP contribution in [0, 0.1) is 17.8 Å². The molecule has 0 bridgehead atoms. The Morgan fingerprint density at radius 2 is 1.78 bits per heavy atom. The van der Waals surface area contributed by atoms with Crippen LogP contribution < -0.4 is 0 Å². The van der Waals surface area contributed by atoms with Crippen LogP contribution in [-0.2, 0) is 4.74 Å². The van der Waals surface area contributed by atoms with E-state index in [0.717, 1.165) is 5.94 Å². The molecule has 0 saturated heterocycles. The number of hydrogen-bond donors (Lipinski definition) is 1. The van der Waals surface area contributed by atoms with E-state index in [-0.39, 0.29) is 0 Å². The van der Waals surface area contributed by atoms with Crippen molar-refractivity contribution in [1.29, 1.82) is 0 Å². The fourth-order valence-corrected chi connectivity index (χ4v) is 4.50. The van der Waals surface area contributed by atoms with Gasteiger partial charge in [-0.1, -0.05) is 12.8 Å². The maximum Gasteiger partial charge on any atom is 0.0922 e. The molecule has 2 fully saturated rings. The summed E-state index contributed by atoms with van der Waals surface area (Å²) in [6, 6.07) is 0. The molecule has 2 unspecified atom stereocenters. The minimum Gasteiger partial charge on any atom is -0.390 e. The first-order chi connectivity index (χ1) is 8.54. The number of aliphatic hydroxyl groups is 1.